The third-order valence-electron chi connectivity index (χ3n) is 4.42. The lowest BCUT2D eigenvalue weighted by molar-refractivity contribution is 0.0736. The van der Waals surface area contributed by atoms with E-state index in [2.05, 4.69) is 31.0 Å². The summed E-state index contributed by atoms with van der Waals surface area (Å²) in [6, 6.07) is 2.25. The zero-order valence-corrected chi connectivity index (χ0v) is 11.2. The molecule has 2 nitrogen and oxygen atoms in total. The Labute approximate surface area is 101 Å². The Hall–Kier alpha value is -0.0800. The maximum atomic E-state index is 3.58. The summed E-state index contributed by atoms with van der Waals surface area (Å²) in [4.78, 5) is 2.79. The van der Waals surface area contributed by atoms with Crippen molar-refractivity contribution in [3.8, 4) is 0 Å². The summed E-state index contributed by atoms with van der Waals surface area (Å²) >= 11 is 0. The number of rotatable bonds is 4. The van der Waals surface area contributed by atoms with Gasteiger partial charge < -0.3 is 5.32 Å². The quantitative estimate of drug-likeness (QED) is 0.790. The highest BCUT2D eigenvalue weighted by atomic mass is 15.2. The van der Waals surface area contributed by atoms with E-state index in [-0.39, 0.29) is 0 Å². The first-order valence-corrected chi connectivity index (χ1v) is 7.17. The second-order valence-electron chi connectivity index (χ2n) is 6.05. The van der Waals surface area contributed by atoms with Gasteiger partial charge in [0.15, 0.2) is 0 Å². The number of piperidine rings is 1. The largest absolute Gasteiger partial charge is 0.313 e. The molecule has 1 heterocycles. The van der Waals surface area contributed by atoms with E-state index in [0.717, 1.165) is 18.5 Å². The minimum atomic E-state index is 0.617. The van der Waals surface area contributed by atoms with Gasteiger partial charge in [0.2, 0.25) is 0 Å². The van der Waals surface area contributed by atoms with Crippen LogP contribution < -0.4 is 5.32 Å². The first kappa shape index (κ1) is 12.4. The van der Waals surface area contributed by atoms with Crippen LogP contribution in [-0.4, -0.2) is 36.1 Å². The van der Waals surface area contributed by atoms with Crippen molar-refractivity contribution in [3.05, 3.63) is 0 Å². The van der Waals surface area contributed by atoms with Gasteiger partial charge in [-0.15, -0.1) is 0 Å². The van der Waals surface area contributed by atoms with Crippen molar-refractivity contribution in [1.29, 1.82) is 0 Å². The second-order valence-corrected chi connectivity index (χ2v) is 6.05. The number of fused-ring (bicyclic) bond motifs is 1. The molecule has 2 rings (SSSR count). The lowest BCUT2D eigenvalue weighted by Gasteiger charge is -2.42. The van der Waals surface area contributed by atoms with E-state index in [1.165, 1.54) is 38.6 Å². The van der Waals surface area contributed by atoms with Crippen molar-refractivity contribution in [2.45, 2.75) is 71.0 Å². The summed E-state index contributed by atoms with van der Waals surface area (Å²) < 4.78 is 0. The molecule has 0 spiro atoms. The minimum Gasteiger partial charge on any atom is -0.313 e. The van der Waals surface area contributed by atoms with Crippen LogP contribution in [0, 0.1) is 5.92 Å². The molecule has 1 aliphatic carbocycles. The van der Waals surface area contributed by atoms with Crippen molar-refractivity contribution in [1.82, 2.24) is 10.2 Å². The Kier molecular flexibility index (Phi) is 4.26. The van der Waals surface area contributed by atoms with Gasteiger partial charge in [-0.2, -0.15) is 0 Å². The molecule has 0 aromatic rings. The first-order valence-electron chi connectivity index (χ1n) is 7.17. The van der Waals surface area contributed by atoms with E-state index in [0.29, 0.717) is 12.1 Å². The molecule has 0 amide bonds. The normalized spacial score (nSPS) is 33.0. The second kappa shape index (κ2) is 5.50. The molecular weight excluding hydrogens is 196 g/mol. The molecule has 3 atom stereocenters. The summed E-state index contributed by atoms with van der Waals surface area (Å²) in [6.07, 6.45) is 7.33. The first-order chi connectivity index (χ1) is 7.68. The van der Waals surface area contributed by atoms with Gasteiger partial charge in [-0.05, 0) is 45.1 Å². The molecule has 2 fully saturated rings. The fraction of sp³-hybridized carbons (Fsp3) is 1.00. The fourth-order valence-corrected chi connectivity index (χ4v) is 3.56. The third kappa shape index (κ3) is 2.78. The predicted molar refractivity (Wildman–Crippen MR) is 69.7 cm³/mol. The number of hydrogen-bond acceptors (Lipinski definition) is 2. The molecule has 1 aliphatic heterocycles. The third-order valence-corrected chi connectivity index (χ3v) is 4.42. The van der Waals surface area contributed by atoms with Crippen LogP contribution in [0.5, 0.6) is 0 Å². The van der Waals surface area contributed by atoms with E-state index in [1.807, 2.05) is 0 Å². The maximum absolute atomic E-state index is 3.58. The van der Waals surface area contributed by atoms with E-state index >= 15 is 0 Å². The molecule has 0 radical (unpaired) electrons. The Morgan fingerprint density at radius 3 is 2.62 bits per heavy atom. The lowest BCUT2D eigenvalue weighted by Crippen LogP contribution is -2.51. The van der Waals surface area contributed by atoms with Gasteiger partial charge in [-0.3, -0.25) is 4.90 Å². The van der Waals surface area contributed by atoms with E-state index in [1.54, 1.807) is 0 Å². The summed E-state index contributed by atoms with van der Waals surface area (Å²) in [7, 11) is 0. The van der Waals surface area contributed by atoms with Crippen molar-refractivity contribution in [2.75, 3.05) is 13.1 Å². The number of likely N-dealkylation sites (tertiary alicyclic amines) is 1. The Morgan fingerprint density at radius 1 is 1.12 bits per heavy atom. The summed E-state index contributed by atoms with van der Waals surface area (Å²) in [6.45, 7) is 9.36. The molecule has 3 unspecified atom stereocenters. The van der Waals surface area contributed by atoms with Gasteiger partial charge in [0, 0.05) is 24.7 Å². The van der Waals surface area contributed by atoms with Crippen LogP contribution in [-0.2, 0) is 0 Å². The van der Waals surface area contributed by atoms with Crippen LogP contribution in [0.2, 0.25) is 0 Å². The molecular formula is C14H28N2. The highest BCUT2D eigenvalue weighted by molar-refractivity contribution is 4.91. The van der Waals surface area contributed by atoms with Gasteiger partial charge in [0.25, 0.3) is 0 Å². The van der Waals surface area contributed by atoms with Crippen molar-refractivity contribution in [3.63, 3.8) is 0 Å². The average molecular weight is 224 g/mol. The Bertz CT molecular complexity index is 215. The molecule has 1 saturated carbocycles. The lowest BCUT2D eigenvalue weighted by atomic mass is 9.91. The highest BCUT2D eigenvalue weighted by Gasteiger charge is 2.36. The Morgan fingerprint density at radius 2 is 1.88 bits per heavy atom. The molecule has 0 bridgehead atoms. The van der Waals surface area contributed by atoms with Crippen molar-refractivity contribution >= 4 is 0 Å². The minimum absolute atomic E-state index is 0.617. The molecule has 0 aromatic heterocycles. The van der Waals surface area contributed by atoms with Gasteiger partial charge in [-0.25, -0.2) is 0 Å². The zero-order valence-electron chi connectivity index (χ0n) is 11.2. The summed E-state index contributed by atoms with van der Waals surface area (Å²) in [5, 5.41) is 3.58. The van der Waals surface area contributed by atoms with Crippen LogP contribution in [0.3, 0.4) is 0 Å². The predicted octanol–water partition coefficient (Wildman–Crippen LogP) is 2.64. The zero-order chi connectivity index (χ0) is 11.5. The number of nitrogens with zero attached hydrogens (tertiary/aromatic N) is 1. The molecule has 94 valence electrons. The van der Waals surface area contributed by atoms with Crippen LogP contribution in [0.25, 0.3) is 0 Å². The average Bonchev–Trinajstić information content (AvgIpc) is 2.73. The topological polar surface area (TPSA) is 15.3 Å². The Balaban J connectivity index is 1.86. The van der Waals surface area contributed by atoms with E-state index < -0.39 is 0 Å². The van der Waals surface area contributed by atoms with Gasteiger partial charge in [0.05, 0.1) is 0 Å². The molecule has 2 heteroatoms. The van der Waals surface area contributed by atoms with Crippen molar-refractivity contribution < 1.29 is 0 Å². The summed E-state index contributed by atoms with van der Waals surface area (Å²) in [5.74, 6) is 1.02. The van der Waals surface area contributed by atoms with E-state index in [9.17, 15) is 0 Å². The van der Waals surface area contributed by atoms with Crippen LogP contribution in [0.15, 0.2) is 0 Å². The highest BCUT2D eigenvalue weighted by Crippen LogP contribution is 2.37. The molecule has 2 aliphatic rings. The fourth-order valence-electron chi connectivity index (χ4n) is 3.56. The van der Waals surface area contributed by atoms with Crippen LogP contribution >= 0.6 is 0 Å². The van der Waals surface area contributed by atoms with E-state index in [4.69, 9.17) is 0 Å². The molecule has 16 heavy (non-hydrogen) atoms. The standard InChI is InChI=1S/C14H28N2/c1-11(2)15-10-12(3)16-9-5-7-13-6-4-8-14(13)16/h11-15H,4-10H2,1-3H3. The van der Waals surface area contributed by atoms with Gasteiger partial charge >= 0.3 is 0 Å². The number of nitrogens with one attached hydrogen (secondary N) is 1. The summed E-state index contributed by atoms with van der Waals surface area (Å²) in [5.41, 5.74) is 0. The van der Waals surface area contributed by atoms with Gasteiger partial charge in [-0.1, -0.05) is 20.3 Å². The maximum Gasteiger partial charge on any atom is 0.0195 e. The monoisotopic (exact) mass is 224 g/mol. The number of hydrogen-bond donors (Lipinski definition) is 1. The van der Waals surface area contributed by atoms with Crippen LogP contribution in [0.1, 0.15) is 52.9 Å². The molecule has 1 saturated heterocycles. The van der Waals surface area contributed by atoms with Crippen LogP contribution in [0.4, 0.5) is 0 Å². The molecule has 1 N–H and O–H groups in total. The van der Waals surface area contributed by atoms with Gasteiger partial charge in [0.1, 0.15) is 0 Å². The SMILES string of the molecule is CC(C)NCC(C)N1CCCC2CCCC21. The van der Waals surface area contributed by atoms with Crippen molar-refractivity contribution in [2.24, 2.45) is 5.92 Å². The molecule has 0 aromatic carbocycles. The smallest absolute Gasteiger partial charge is 0.0195 e.